The van der Waals surface area contributed by atoms with Crippen molar-refractivity contribution in [1.82, 2.24) is 10.3 Å². The quantitative estimate of drug-likeness (QED) is 0.837. The van der Waals surface area contributed by atoms with E-state index in [0.717, 1.165) is 4.90 Å². The molecule has 0 spiro atoms. The molecular weight excluding hydrogens is 326 g/mol. The summed E-state index contributed by atoms with van der Waals surface area (Å²) < 4.78 is 10.6. The molecule has 1 aromatic rings. The van der Waals surface area contributed by atoms with Crippen LogP contribution in [0.4, 0.5) is 15.3 Å². The van der Waals surface area contributed by atoms with Gasteiger partial charge in [0.05, 0.1) is 29.7 Å². The molecular formula is C17H23N3O5. The van der Waals surface area contributed by atoms with Gasteiger partial charge in [-0.2, -0.15) is 4.90 Å². The van der Waals surface area contributed by atoms with Crippen LogP contribution in [0.25, 0.3) is 0 Å². The van der Waals surface area contributed by atoms with Gasteiger partial charge in [0.1, 0.15) is 11.2 Å². The Bertz CT molecular complexity index is 688. The summed E-state index contributed by atoms with van der Waals surface area (Å²) in [5.74, 6) is -0.308. The van der Waals surface area contributed by atoms with Crippen molar-refractivity contribution in [3.63, 3.8) is 0 Å². The maximum Gasteiger partial charge on any atom is 0.424 e. The van der Waals surface area contributed by atoms with Gasteiger partial charge in [0.15, 0.2) is 0 Å². The molecule has 1 aliphatic rings. The van der Waals surface area contributed by atoms with Gasteiger partial charge in [0, 0.05) is 0 Å². The molecule has 0 fully saturated rings. The third-order valence-electron chi connectivity index (χ3n) is 3.03. The Kier molecular flexibility index (Phi) is 4.74. The van der Waals surface area contributed by atoms with E-state index in [9.17, 15) is 14.4 Å². The highest BCUT2D eigenvalue weighted by Gasteiger charge is 2.34. The van der Waals surface area contributed by atoms with Crippen molar-refractivity contribution in [2.24, 2.45) is 0 Å². The number of nitrogens with one attached hydrogen (secondary N) is 1. The third kappa shape index (κ3) is 4.68. The SMILES string of the molecule is CC(C)(C)OC(=O)N(C(=O)OC(C)(C)C)c1cnc2c(c1)C(=O)NC2. The predicted octanol–water partition coefficient (Wildman–Crippen LogP) is 3.00. The fourth-order valence-corrected chi connectivity index (χ4v) is 2.10. The zero-order valence-electron chi connectivity index (χ0n) is 15.3. The number of imide groups is 1. The van der Waals surface area contributed by atoms with Gasteiger partial charge in [0.25, 0.3) is 5.91 Å². The average molecular weight is 349 g/mol. The smallest absolute Gasteiger partial charge is 0.424 e. The van der Waals surface area contributed by atoms with Crippen molar-refractivity contribution in [2.75, 3.05) is 4.90 Å². The van der Waals surface area contributed by atoms with E-state index in [1.54, 1.807) is 41.5 Å². The molecule has 1 aliphatic heterocycles. The summed E-state index contributed by atoms with van der Waals surface area (Å²) in [4.78, 5) is 41.8. The number of rotatable bonds is 1. The van der Waals surface area contributed by atoms with Crippen LogP contribution < -0.4 is 10.2 Å². The molecule has 0 aromatic carbocycles. The van der Waals surface area contributed by atoms with Gasteiger partial charge in [-0.1, -0.05) is 0 Å². The Labute approximate surface area is 146 Å². The van der Waals surface area contributed by atoms with Crippen LogP contribution in [0.15, 0.2) is 12.3 Å². The zero-order chi connectivity index (χ0) is 19.0. The molecule has 1 aromatic heterocycles. The average Bonchev–Trinajstić information content (AvgIpc) is 2.76. The highest BCUT2D eigenvalue weighted by Crippen LogP contribution is 2.24. The molecule has 136 valence electrons. The molecule has 0 bridgehead atoms. The Hall–Kier alpha value is -2.64. The van der Waals surface area contributed by atoms with E-state index in [4.69, 9.17) is 9.47 Å². The number of hydrogen-bond donors (Lipinski definition) is 1. The summed E-state index contributed by atoms with van der Waals surface area (Å²) in [6.07, 6.45) is -0.462. The summed E-state index contributed by atoms with van der Waals surface area (Å²) in [7, 11) is 0. The first-order valence-corrected chi connectivity index (χ1v) is 7.90. The summed E-state index contributed by atoms with van der Waals surface area (Å²) in [5.41, 5.74) is -0.631. The maximum absolute atomic E-state index is 12.5. The van der Waals surface area contributed by atoms with Crippen LogP contribution >= 0.6 is 0 Å². The Balaban J connectivity index is 2.41. The molecule has 0 atom stereocenters. The summed E-state index contributed by atoms with van der Waals surface area (Å²) >= 11 is 0. The van der Waals surface area contributed by atoms with E-state index >= 15 is 0 Å². The Morgan fingerprint density at radius 3 is 2.08 bits per heavy atom. The third-order valence-corrected chi connectivity index (χ3v) is 3.03. The number of carbonyl (C=O) groups excluding carboxylic acids is 3. The number of aromatic nitrogens is 1. The van der Waals surface area contributed by atoms with Crippen molar-refractivity contribution >= 4 is 23.8 Å². The highest BCUT2D eigenvalue weighted by atomic mass is 16.6. The zero-order valence-corrected chi connectivity index (χ0v) is 15.3. The number of anilines is 1. The van der Waals surface area contributed by atoms with E-state index in [0.29, 0.717) is 17.8 Å². The lowest BCUT2D eigenvalue weighted by molar-refractivity contribution is 0.0430. The number of amides is 3. The minimum Gasteiger partial charge on any atom is -0.443 e. The number of ether oxygens (including phenoxy) is 2. The molecule has 25 heavy (non-hydrogen) atoms. The Morgan fingerprint density at radius 1 is 1.08 bits per heavy atom. The largest absolute Gasteiger partial charge is 0.443 e. The molecule has 2 heterocycles. The fourth-order valence-electron chi connectivity index (χ4n) is 2.10. The summed E-state index contributed by atoms with van der Waals surface area (Å²) in [6, 6.07) is 1.43. The summed E-state index contributed by atoms with van der Waals surface area (Å²) in [6.45, 7) is 10.4. The second kappa shape index (κ2) is 6.34. The van der Waals surface area contributed by atoms with Gasteiger partial charge in [-0.3, -0.25) is 9.78 Å². The molecule has 2 rings (SSSR count). The number of carbonyl (C=O) groups is 3. The van der Waals surface area contributed by atoms with Gasteiger partial charge in [-0.25, -0.2) is 9.59 Å². The van der Waals surface area contributed by atoms with Crippen LogP contribution in [0.1, 0.15) is 57.6 Å². The topological polar surface area (TPSA) is 97.8 Å². The Morgan fingerprint density at radius 2 is 1.60 bits per heavy atom. The van der Waals surface area contributed by atoms with Gasteiger partial charge in [0.2, 0.25) is 0 Å². The molecule has 1 N–H and O–H groups in total. The molecule has 8 heteroatoms. The van der Waals surface area contributed by atoms with Crippen molar-refractivity contribution in [1.29, 1.82) is 0 Å². The number of fused-ring (bicyclic) bond motifs is 1. The normalized spacial score (nSPS) is 13.8. The second-order valence-corrected chi connectivity index (χ2v) is 7.67. The first-order valence-electron chi connectivity index (χ1n) is 7.90. The number of pyridine rings is 1. The number of nitrogens with zero attached hydrogens (tertiary/aromatic N) is 2. The minimum absolute atomic E-state index is 0.110. The van der Waals surface area contributed by atoms with Gasteiger partial charge in [-0.15, -0.1) is 0 Å². The molecule has 0 radical (unpaired) electrons. The van der Waals surface area contributed by atoms with E-state index in [2.05, 4.69) is 10.3 Å². The molecule has 0 saturated heterocycles. The van der Waals surface area contributed by atoms with Crippen molar-refractivity contribution in [3.05, 3.63) is 23.5 Å². The van der Waals surface area contributed by atoms with Crippen LogP contribution in [-0.2, 0) is 16.0 Å². The van der Waals surface area contributed by atoms with Crippen molar-refractivity contribution < 1.29 is 23.9 Å². The minimum atomic E-state index is -0.901. The first-order chi connectivity index (χ1) is 11.4. The maximum atomic E-state index is 12.5. The molecule has 3 amide bonds. The molecule has 8 nitrogen and oxygen atoms in total. The number of hydrogen-bond acceptors (Lipinski definition) is 6. The van der Waals surface area contributed by atoms with E-state index in [1.165, 1.54) is 12.3 Å². The monoisotopic (exact) mass is 349 g/mol. The lowest BCUT2D eigenvalue weighted by Crippen LogP contribution is -2.44. The van der Waals surface area contributed by atoms with Gasteiger partial charge < -0.3 is 14.8 Å². The van der Waals surface area contributed by atoms with Crippen molar-refractivity contribution in [2.45, 2.75) is 59.3 Å². The highest BCUT2D eigenvalue weighted by molar-refractivity contribution is 6.10. The second-order valence-electron chi connectivity index (χ2n) is 7.67. The molecule has 0 saturated carbocycles. The lowest BCUT2D eigenvalue weighted by atomic mass is 10.2. The lowest BCUT2D eigenvalue weighted by Gasteiger charge is -2.28. The van der Waals surface area contributed by atoms with Crippen LogP contribution in [-0.4, -0.2) is 34.3 Å². The molecule has 0 unspecified atom stereocenters. The van der Waals surface area contributed by atoms with Crippen LogP contribution in [0, 0.1) is 0 Å². The summed E-state index contributed by atoms with van der Waals surface area (Å²) in [5, 5.41) is 2.63. The van der Waals surface area contributed by atoms with Gasteiger partial charge in [-0.05, 0) is 47.6 Å². The van der Waals surface area contributed by atoms with Crippen LogP contribution in [0.3, 0.4) is 0 Å². The van der Waals surface area contributed by atoms with Crippen molar-refractivity contribution in [3.8, 4) is 0 Å². The van der Waals surface area contributed by atoms with Gasteiger partial charge >= 0.3 is 12.2 Å². The first kappa shape index (κ1) is 18.7. The standard InChI is InChI=1S/C17H23N3O5/c1-16(2,3)24-14(22)20(15(23)25-17(4,5)6)10-7-11-12(18-8-10)9-19-13(11)21/h7-8H,9H2,1-6H3,(H,19,21). The fraction of sp³-hybridized carbons (Fsp3) is 0.529. The predicted molar refractivity (Wildman–Crippen MR) is 90.4 cm³/mol. The van der Waals surface area contributed by atoms with E-state index in [1.807, 2.05) is 0 Å². The van der Waals surface area contributed by atoms with E-state index in [-0.39, 0.29) is 11.6 Å². The van der Waals surface area contributed by atoms with Crippen LogP contribution in [0.2, 0.25) is 0 Å². The van der Waals surface area contributed by atoms with Crippen LogP contribution in [0.5, 0.6) is 0 Å². The molecule has 0 aliphatic carbocycles. The van der Waals surface area contributed by atoms with E-state index < -0.39 is 23.4 Å².